The van der Waals surface area contributed by atoms with Crippen LogP contribution >= 0.6 is 11.6 Å². The molecule has 0 spiro atoms. The number of nitrogens with one attached hydrogen (secondary N) is 1. The summed E-state index contributed by atoms with van der Waals surface area (Å²) >= 11 is 6.18. The van der Waals surface area contributed by atoms with Crippen molar-refractivity contribution in [2.75, 3.05) is 5.32 Å². The minimum Gasteiger partial charge on any atom is -0.350 e. The first-order valence-corrected chi connectivity index (χ1v) is 9.25. The van der Waals surface area contributed by atoms with Crippen LogP contribution in [0.15, 0.2) is 88.3 Å². The molecule has 144 valence electrons. The molecule has 0 saturated carbocycles. The van der Waals surface area contributed by atoms with Gasteiger partial charge in [-0.2, -0.15) is 0 Å². The lowest BCUT2D eigenvalue weighted by atomic mass is 10.1. The fourth-order valence-electron chi connectivity index (χ4n) is 2.86. The molecule has 4 aromatic rings. The van der Waals surface area contributed by atoms with Gasteiger partial charge in [-0.15, -0.1) is 0 Å². The quantitative estimate of drug-likeness (QED) is 0.532. The van der Waals surface area contributed by atoms with Crippen molar-refractivity contribution in [2.45, 2.75) is 6.54 Å². The highest BCUT2D eigenvalue weighted by Crippen LogP contribution is 2.20. The van der Waals surface area contributed by atoms with E-state index in [4.69, 9.17) is 16.1 Å². The first kappa shape index (κ1) is 18.7. The highest BCUT2D eigenvalue weighted by atomic mass is 35.5. The Bertz CT molecular complexity index is 1220. The third-order valence-electron chi connectivity index (χ3n) is 4.34. The van der Waals surface area contributed by atoms with Gasteiger partial charge >= 0.3 is 0 Å². The third kappa shape index (κ3) is 4.28. The number of benzene rings is 2. The van der Waals surface area contributed by atoms with Gasteiger partial charge in [0.1, 0.15) is 5.69 Å². The molecule has 7 heteroatoms. The Hall–Kier alpha value is -3.64. The van der Waals surface area contributed by atoms with Crippen LogP contribution < -0.4 is 10.9 Å². The molecular weight excluding hydrogens is 390 g/mol. The number of anilines is 1. The number of hydrogen-bond donors (Lipinski definition) is 1. The lowest BCUT2D eigenvalue weighted by Crippen LogP contribution is -2.21. The largest absolute Gasteiger partial charge is 0.350 e. The maximum absolute atomic E-state index is 12.5. The van der Waals surface area contributed by atoms with Gasteiger partial charge in [0, 0.05) is 28.9 Å². The molecule has 0 radical (unpaired) electrons. The molecule has 0 unspecified atom stereocenters. The number of rotatable bonds is 5. The van der Waals surface area contributed by atoms with Crippen molar-refractivity contribution >= 4 is 23.2 Å². The monoisotopic (exact) mass is 405 g/mol. The summed E-state index contributed by atoms with van der Waals surface area (Å²) in [6, 6.07) is 21.2. The summed E-state index contributed by atoms with van der Waals surface area (Å²) in [5.74, 6) is -0.379. The molecule has 0 aliphatic carbocycles. The number of hydrogen-bond acceptors (Lipinski definition) is 4. The second-order valence-corrected chi connectivity index (χ2v) is 6.78. The van der Waals surface area contributed by atoms with E-state index in [-0.39, 0.29) is 11.3 Å². The summed E-state index contributed by atoms with van der Waals surface area (Å²) < 4.78 is 6.65. The average Bonchev–Trinajstić information content (AvgIpc) is 3.23. The SMILES string of the molecule is O=C(Nc1ccc(=O)n(Cc2ccccc2Cl)c1)c1cc(-c2ccccc2)no1. The number of halogens is 1. The predicted molar refractivity (Wildman–Crippen MR) is 111 cm³/mol. The van der Waals surface area contributed by atoms with E-state index in [1.165, 1.54) is 16.7 Å². The molecule has 2 aromatic carbocycles. The molecule has 2 heterocycles. The second kappa shape index (κ2) is 8.16. The van der Waals surface area contributed by atoms with E-state index in [9.17, 15) is 9.59 Å². The molecule has 0 fully saturated rings. The van der Waals surface area contributed by atoms with Gasteiger partial charge in [-0.25, -0.2) is 0 Å². The molecule has 6 nitrogen and oxygen atoms in total. The molecule has 0 aliphatic heterocycles. The topological polar surface area (TPSA) is 77.1 Å². The number of nitrogens with zero attached hydrogens (tertiary/aromatic N) is 2. The van der Waals surface area contributed by atoms with E-state index in [2.05, 4.69) is 10.5 Å². The van der Waals surface area contributed by atoms with E-state index >= 15 is 0 Å². The minimum absolute atomic E-state index is 0.0766. The second-order valence-electron chi connectivity index (χ2n) is 6.37. The summed E-state index contributed by atoms with van der Waals surface area (Å²) in [5, 5.41) is 7.24. The van der Waals surface area contributed by atoms with Crippen molar-refractivity contribution in [1.29, 1.82) is 0 Å². The van der Waals surface area contributed by atoms with Gasteiger partial charge in [-0.3, -0.25) is 9.59 Å². The Morgan fingerprint density at radius 3 is 2.59 bits per heavy atom. The molecule has 4 rings (SSSR count). The van der Waals surface area contributed by atoms with Crippen LogP contribution in [-0.2, 0) is 6.54 Å². The van der Waals surface area contributed by atoms with Crippen LogP contribution in [0.2, 0.25) is 5.02 Å². The van der Waals surface area contributed by atoms with Gasteiger partial charge in [0.15, 0.2) is 0 Å². The Balaban J connectivity index is 1.53. The van der Waals surface area contributed by atoms with Crippen LogP contribution in [-0.4, -0.2) is 15.6 Å². The fourth-order valence-corrected chi connectivity index (χ4v) is 3.05. The van der Waals surface area contributed by atoms with Gasteiger partial charge in [-0.1, -0.05) is 65.3 Å². The standard InChI is InChI=1S/C22H16ClN3O3/c23-18-9-5-4-8-16(18)13-26-14-17(10-11-21(26)27)24-22(28)20-12-19(25-29-20)15-6-2-1-3-7-15/h1-12,14H,13H2,(H,24,28). The van der Waals surface area contributed by atoms with Gasteiger partial charge in [0.25, 0.3) is 11.5 Å². The minimum atomic E-state index is -0.456. The summed E-state index contributed by atoms with van der Waals surface area (Å²) in [7, 11) is 0. The summed E-state index contributed by atoms with van der Waals surface area (Å²) in [6.07, 6.45) is 1.57. The van der Waals surface area contributed by atoms with Crippen molar-refractivity contribution in [1.82, 2.24) is 9.72 Å². The maximum atomic E-state index is 12.5. The predicted octanol–water partition coefficient (Wildman–Crippen LogP) is 4.46. The van der Waals surface area contributed by atoms with E-state index in [0.717, 1.165) is 11.1 Å². The summed E-state index contributed by atoms with van der Waals surface area (Å²) in [6.45, 7) is 0.294. The zero-order chi connectivity index (χ0) is 20.2. The highest BCUT2D eigenvalue weighted by Gasteiger charge is 2.15. The average molecular weight is 406 g/mol. The number of aromatic nitrogens is 2. The van der Waals surface area contributed by atoms with Crippen LogP contribution in [0, 0.1) is 0 Å². The van der Waals surface area contributed by atoms with E-state index in [0.29, 0.717) is 22.9 Å². The maximum Gasteiger partial charge on any atom is 0.294 e. The van der Waals surface area contributed by atoms with Crippen molar-refractivity contribution in [3.63, 3.8) is 0 Å². The third-order valence-corrected chi connectivity index (χ3v) is 4.71. The number of carbonyl (C=O) groups is 1. The number of pyridine rings is 1. The van der Waals surface area contributed by atoms with Crippen molar-refractivity contribution in [2.24, 2.45) is 0 Å². The number of carbonyl (C=O) groups excluding carboxylic acids is 1. The lowest BCUT2D eigenvalue weighted by Gasteiger charge is -2.10. The van der Waals surface area contributed by atoms with Crippen LogP contribution in [0.1, 0.15) is 16.1 Å². The van der Waals surface area contributed by atoms with E-state index < -0.39 is 5.91 Å². The van der Waals surface area contributed by atoms with Crippen molar-refractivity contribution in [3.8, 4) is 11.3 Å². The van der Waals surface area contributed by atoms with Gasteiger partial charge in [-0.05, 0) is 17.7 Å². The summed E-state index contributed by atoms with van der Waals surface area (Å²) in [4.78, 5) is 24.7. The van der Waals surface area contributed by atoms with Crippen LogP contribution in [0.5, 0.6) is 0 Å². The van der Waals surface area contributed by atoms with Gasteiger partial charge < -0.3 is 14.4 Å². The van der Waals surface area contributed by atoms with Gasteiger partial charge in [0.05, 0.1) is 12.2 Å². The zero-order valence-corrected chi connectivity index (χ0v) is 16.0. The Kier molecular flexibility index (Phi) is 5.27. The lowest BCUT2D eigenvalue weighted by molar-refractivity contribution is 0.0988. The summed E-state index contributed by atoms with van der Waals surface area (Å²) in [5.41, 5.74) is 2.48. The first-order valence-electron chi connectivity index (χ1n) is 8.87. The Labute approximate surface area is 171 Å². The Morgan fingerprint density at radius 1 is 1.03 bits per heavy atom. The molecule has 0 saturated heterocycles. The first-order chi connectivity index (χ1) is 14.1. The molecular formula is C22H16ClN3O3. The zero-order valence-electron chi connectivity index (χ0n) is 15.2. The molecule has 1 amide bonds. The molecule has 0 bridgehead atoms. The molecule has 0 atom stereocenters. The van der Waals surface area contributed by atoms with Crippen molar-refractivity contribution in [3.05, 3.63) is 106 Å². The molecule has 1 N–H and O–H groups in total. The van der Waals surface area contributed by atoms with Crippen LogP contribution in [0.4, 0.5) is 5.69 Å². The molecule has 29 heavy (non-hydrogen) atoms. The molecule has 0 aliphatic rings. The molecule has 2 aromatic heterocycles. The smallest absolute Gasteiger partial charge is 0.294 e. The van der Waals surface area contributed by atoms with Crippen LogP contribution in [0.25, 0.3) is 11.3 Å². The van der Waals surface area contributed by atoms with Crippen molar-refractivity contribution < 1.29 is 9.32 Å². The number of amides is 1. The van der Waals surface area contributed by atoms with E-state index in [1.807, 2.05) is 48.5 Å². The van der Waals surface area contributed by atoms with E-state index in [1.54, 1.807) is 18.3 Å². The Morgan fingerprint density at radius 2 is 1.79 bits per heavy atom. The van der Waals surface area contributed by atoms with Gasteiger partial charge in [0.2, 0.25) is 5.76 Å². The van der Waals surface area contributed by atoms with Crippen LogP contribution in [0.3, 0.4) is 0 Å². The normalized spacial score (nSPS) is 10.7. The highest BCUT2D eigenvalue weighted by molar-refractivity contribution is 6.31. The fraction of sp³-hybridized carbons (Fsp3) is 0.0455.